The number of hydrogen-bond donors (Lipinski definition) is 2. The van der Waals surface area contributed by atoms with Crippen LogP contribution in [-0.2, 0) is 4.79 Å². The Kier molecular flexibility index (Phi) is 9.07. The Morgan fingerprint density at radius 1 is 0.974 bits per heavy atom. The van der Waals surface area contributed by atoms with Crippen LogP contribution in [0.3, 0.4) is 0 Å². The highest BCUT2D eigenvalue weighted by Crippen LogP contribution is 2.34. The fourth-order valence-electron chi connectivity index (χ4n) is 3.31. The van der Waals surface area contributed by atoms with Gasteiger partial charge in [0.05, 0.1) is 30.0 Å². The van der Waals surface area contributed by atoms with Crippen molar-refractivity contribution in [2.24, 2.45) is 5.10 Å². The van der Waals surface area contributed by atoms with E-state index in [4.69, 9.17) is 21.1 Å². The van der Waals surface area contributed by atoms with Crippen molar-refractivity contribution < 1.29 is 23.9 Å². The lowest BCUT2D eigenvalue weighted by molar-refractivity contribution is -0.120. The molecule has 4 rings (SSSR count). The first-order valence-corrected chi connectivity index (χ1v) is 13.0. The Hall–Kier alpha value is -4.21. The molecule has 0 saturated heterocycles. The molecule has 0 aliphatic rings. The highest BCUT2D eigenvalue weighted by Gasteiger charge is 2.17. The molecule has 1 heterocycles. The molecule has 0 aliphatic heterocycles. The largest absolute Gasteiger partial charge is 0.494 e. The van der Waals surface area contributed by atoms with Gasteiger partial charge < -0.3 is 14.8 Å². The number of esters is 1. The standard InChI is InChI=1S/C28H24ClN3O5S/c1-2-15-36-20-13-9-19(10-14-20)28(35)37-21-11-7-18(8-12-21)16-31-32-24(33)17-30-27(34)26-25(29)22-5-3-4-6-23(22)38-26/h3-14,16H,2,15,17H2,1H3,(H,30,34)(H,32,33)/b31-16-. The monoisotopic (exact) mass is 549 g/mol. The Bertz CT molecular complexity index is 1470. The average Bonchev–Trinajstić information content (AvgIpc) is 3.28. The van der Waals surface area contributed by atoms with Crippen LogP contribution < -0.4 is 20.2 Å². The smallest absolute Gasteiger partial charge is 0.343 e. The molecule has 0 saturated carbocycles. The molecule has 2 amide bonds. The first-order chi connectivity index (χ1) is 18.4. The average molecular weight is 550 g/mol. The fraction of sp³-hybridized carbons (Fsp3) is 0.143. The number of hydrazone groups is 1. The van der Waals surface area contributed by atoms with Crippen LogP contribution in [0.2, 0.25) is 5.02 Å². The molecule has 0 bridgehead atoms. The van der Waals surface area contributed by atoms with E-state index in [2.05, 4.69) is 15.8 Å². The zero-order valence-electron chi connectivity index (χ0n) is 20.4. The van der Waals surface area contributed by atoms with Gasteiger partial charge in [-0.25, -0.2) is 10.2 Å². The first-order valence-electron chi connectivity index (χ1n) is 11.8. The second kappa shape index (κ2) is 12.8. The number of carbonyl (C=O) groups is 3. The van der Waals surface area contributed by atoms with Crippen LogP contribution in [0, 0.1) is 0 Å². The van der Waals surface area contributed by atoms with Gasteiger partial charge in [-0.05, 0) is 66.6 Å². The van der Waals surface area contributed by atoms with E-state index < -0.39 is 17.8 Å². The summed E-state index contributed by atoms with van der Waals surface area (Å²) in [5.41, 5.74) is 3.43. The van der Waals surface area contributed by atoms with Gasteiger partial charge in [-0.3, -0.25) is 9.59 Å². The molecule has 0 fully saturated rings. The van der Waals surface area contributed by atoms with Gasteiger partial charge in [-0.1, -0.05) is 36.7 Å². The lowest BCUT2D eigenvalue weighted by Crippen LogP contribution is -2.34. The Morgan fingerprint density at radius 3 is 2.39 bits per heavy atom. The van der Waals surface area contributed by atoms with Gasteiger partial charge >= 0.3 is 5.97 Å². The third kappa shape index (κ3) is 6.96. The van der Waals surface area contributed by atoms with Crippen LogP contribution in [0.25, 0.3) is 10.1 Å². The Morgan fingerprint density at radius 2 is 1.68 bits per heavy atom. The van der Waals surface area contributed by atoms with Gasteiger partial charge in [0.2, 0.25) is 0 Å². The second-order valence-corrected chi connectivity index (χ2v) is 9.48. The summed E-state index contributed by atoms with van der Waals surface area (Å²) in [6.45, 7) is 2.37. The van der Waals surface area contributed by atoms with Crippen molar-refractivity contribution in [3.63, 3.8) is 0 Å². The van der Waals surface area contributed by atoms with Crippen molar-refractivity contribution in [1.29, 1.82) is 0 Å². The Labute approximate surface area is 228 Å². The van der Waals surface area contributed by atoms with Crippen LogP contribution in [0.15, 0.2) is 77.9 Å². The van der Waals surface area contributed by atoms with Crippen LogP contribution in [-0.4, -0.2) is 37.1 Å². The van der Waals surface area contributed by atoms with Gasteiger partial charge in [-0.15, -0.1) is 11.3 Å². The molecule has 0 unspecified atom stereocenters. The predicted molar refractivity (Wildman–Crippen MR) is 149 cm³/mol. The number of carbonyl (C=O) groups excluding carboxylic acids is 3. The normalized spacial score (nSPS) is 10.9. The van der Waals surface area contributed by atoms with E-state index in [0.717, 1.165) is 16.5 Å². The predicted octanol–water partition coefficient (Wildman–Crippen LogP) is 5.44. The molecule has 1 aromatic heterocycles. The molecule has 2 N–H and O–H groups in total. The first kappa shape index (κ1) is 26.8. The SMILES string of the molecule is CCCOc1ccc(C(=O)Oc2ccc(/C=N\NC(=O)CNC(=O)c3sc4ccccc4c3Cl)cc2)cc1. The van der Waals surface area contributed by atoms with Crippen LogP contribution in [0.5, 0.6) is 11.5 Å². The van der Waals surface area contributed by atoms with E-state index in [-0.39, 0.29) is 6.54 Å². The number of hydrogen-bond acceptors (Lipinski definition) is 7. The van der Waals surface area contributed by atoms with E-state index >= 15 is 0 Å². The summed E-state index contributed by atoms with van der Waals surface area (Å²) in [5.74, 6) is -0.350. The molecule has 10 heteroatoms. The van der Waals surface area contributed by atoms with Crippen LogP contribution in [0.1, 0.15) is 38.9 Å². The van der Waals surface area contributed by atoms with Gasteiger partial charge in [0.15, 0.2) is 0 Å². The van der Waals surface area contributed by atoms with Crippen molar-refractivity contribution in [3.8, 4) is 11.5 Å². The van der Waals surface area contributed by atoms with Crippen LogP contribution >= 0.6 is 22.9 Å². The van der Waals surface area contributed by atoms with Crippen molar-refractivity contribution in [2.75, 3.05) is 13.2 Å². The summed E-state index contributed by atoms with van der Waals surface area (Å²) < 4.78 is 11.8. The number of fused-ring (bicyclic) bond motifs is 1. The number of ether oxygens (including phenoxy) is 2. The number of rotatable bonds is 10. The van der Waals surface area contributed by atoms with Crippen molar-refractivity contribution >= 4 is 57.0 Å². The number of amides is 2. The highest BCUT2D eigenvalue weighted by molar-refractivity contribution is 7.21. The third-order valence-electron chi connectivity index (χ3n) is 5.21. The summed E-state index contributed by atoms with van der Waals surface area (Å²) in [6, 6.07) is 20.8. The molecule has 0 spiro atoms. The van der Waals surface area contributed by atoms with Gasteiger partial charge in [0, 0.05) is 10.1 Å². The maximum absolute atomic E-state index is 12.4. The lowest BCUT2D eigenvalue weighted by Gasteiger charge is -2.07. The summed E-state index contributed by atoms with van der Waals surface area (Å²) in [5, 5.41) is 7.60. The summed E-state index contributed by atoms with van der Waals surface area (Å²) in [7, 11) is 0. The number of nitrogens with zero attached hydrogens (tertiary/aromatic N) is 1. The topological polar surface area (TPSA) is 106 Å². The third-order valence-corrected chi connectivity index (χ3v) is 6.88. The molecule has 194 valence electrons. The molecule has 0 radical (unpaired) electrons. The van der Waals surface area contributed by atoms with Crippen molar-refractivity contribution in [2.45, 2.75) is 13.3 Å². The highest BCUT2D eigenvalue weighted by atomic mass is 35.5. The molecule has 8 nitrogen and oxygen atoms in total. The number of benzene rings is 3. The zero-order valence-corrected chi connectivity index (χ0v) is 22.0. The molecular formula is C28H24ClN3O5S. The van der Waals surface area contributed by atoms with E-state index in [1.54, 1.807) is 48.5 Å². The van der Waals surface area contributed by atoms with Gasteiger partial charge in [0.25, 0.3) is 11.8 Å². The van der Waals surface area contributed by atoms with Crippen LogP contribution in [0.4, 0.5) is 0 Å². The molecule has 0 aliphatic carbocycles. The maximum Gasteiger partial charge on any atom is 0.343 e. The minimum atomic E-state index is -0.497. The van der Waals surface area contributed by atoms with Crippen molar-refractivity contribution in [1.82, 2.24) is 10.7 Å². The molecule has 4 aromatic rings. The number of nitrogens with one attached hydrogen (secondary N) is 2. The van der Waals surface area contributed by atoms with Gasteiger partial charge in [0.1, 0.15) is 16.4 Å². The minimum Gasteiger partial charge on any atom is -0.494 e. The van der Waals surface area contributed by atoms with E-state index in [9.17, 15) is 14.4 Å². The second-order valence-electron chi connectivity index (χ2n) is 8.05. The molecular weight excluding hydrogens is 526 g/mol. The summed E-state index contributed by atoms with van der Waals surface area (Å²) >= 11 is 7.57. The van der Waals surface area contributed by atoms with Gasteiger partial charge in [-0.2, -0.15) is 5.10 Å². The zero-order chi connectivity index (χ0) is 26.9. The van der Waals surface area contributed by atoms with E-state index in [1.165, 1.54) is 17.6 Å². The van der Waals surface area contributed by atoms with E-state index in [1.807, 2.05) is 31.2 Å². The minimum absolute atomic E-state index is 0.263. The summed E-state index contributed by atoms with van der Waals surface area (Å²) in [6.07, 6.45) is 2.34. The summed E-state index contributed by atoms with van der Waals surface area (Å²) in [4.78, 5) is 37.2. The maximum atomic E-state index is 12.4. The number of halogens is 1. The van der Waals surface area contributed by atoms with Crippen molar-refractivity contribution in [3.05, 3.63) is 93.8 Å². The van der Waals surface area contributed by atoms with E-state index in [0.29, 0.717) is 39.1 Å². The lowest BCUT2D eigenvalue weighted by atomic mass is 10.2. The molecule has 3 aromatic carbocycles. The quantitative estimate of drug-likeness (QED) is 0.118. The Balaban J connectivity index is 1.23. The number of thiophene rings is 1. The molecule has 38 heavy (non-hydrogen) atoms. The molecule has 0 atom stereocenters. The fourth-order valence-corrected chi connectivity index (χ4v) is 4.75.